The topological polar surface area (TPSA) is 18.5 Å². The lowest BCUT2D eigenvalue weighted by atomic mass is 10.2. The third kappa shape index (κ3) is 1.09. The predicted molar refractivity (Wildman–Crippen MR) is 44.7 cm³/mol. The molecule has 0 fully saturated rings. The molecule has 11 heavy (non-hydrogen) atoms. The summed E-state index contributed by atoms with van der Waals surface area (Å²) in [7, 11) is 0. The van der Waals surface area contributed by atoms with Crippen molar-refractivity contribution < 1.29 is 9.47 Å². The van der Waals surface area contributed by atoms with Gasteiger partial charge in [-0.15, -0.1) is 0 Å². The summed E-state index contributed by atoms with van der Waals surface area (Å²) >= 11 is 3.35. The third-order valence-electron chi connectivity index (χ3n) is 1.54. The summed E-state index contributed by atoms with van der Waals surface area (Å²) in [5, 5.41) is 0. The monoisotopic (exact) mass is 213 g/mol. The molecule has 1 heterocycles. The molecular formula is C8H6BrO2. The van der Waals surface area contributed by atoms with Gasteiger partial charge in [0.25, 0.3) is 0 Å². The van der Waals surface area contributed by atoms with Gasteiger partial charge < -0.3 is 9.47 Å². The largest absolute Gasteiger partial charge is 0.454 e. The van der Waals surface area contributed by atoms with Crippen LogP contribution in [0.15, 0.2) is 16.6 Å². The summed E-state index contributed by atoms with van der Waals surface area (Å²) in [6.45, 7) is 4.13. The molecule has 1 radical (unpaired) electrons. The Morgan fingerprint density at radius 2 is 1.91 bits per heavy atom. The molecule has 0 aromatic heterocycles. The maximum absolute atomic E-state index is 5.15. The fourth-order valence-corrected chi connectivity index (χ4v) is 1.28. The van der Waals surface area contributed by atoms with E-state index in [0.717, 1.165) is 21.5 Å². The molecule has 1 aliphatic heterocycles. The molecule has 0 aliphatic carbocycles. The molecule has 1 aromatic carbocycles. The minimum atomic E-state index is 0.311. The number of hydrogen-bond acceptors (Lipinski definition) is 2. The zero-order valence-electron chi connectivity index (χ0n) is 5.76. The van der Waals surface area contributed by atoms with E-state index in [0.29, 0.717) is 6.79 Å². The molecule has 1 aliphatic rings. The van der Waals surface area contributed by atoms with Crippen LogP contribution in [0.5, 0.6) is 11.5 Å². The molecule has 0 amide bonds. The second-order valence-corrected chi connectivity index (χ2v) is 3.15. The fourth-order valence-electron chi connectivity index (χ4n) is 0.959. The third-order valence-corrected chi connectivity index (χ3v) is 2.28. The molecule has 1 aromatic rings. The summed E-state index contributed by atoms with van der Waals surface area (Å²) < 4.78 is 11.3. The molecule has 0 saturated heterocycles. The Balaban J connectivity index is 2.57. The molecule has 2 rings (SSSR count). The first kappa shape index (κ1) is 6.98. The van der Waals surface area contributed by atoms with Crippen LogP contribution in [0.3, 0.4) is 0 Å². The summed E-state index contributed by atoms with van der Waals surface area (Å²) in [5.74, 6) is 1.56. The van der Waals surface area contributed by atoms with Gasteiger partial charge in [-0.25, -0.2) is 0 Å². The van der Waals surface area contributed by atoms with Crippen molar-refractivity contribution in [1.29, 1.82) is 0 Å². The highest BCUT2D eigenvalue weighted by Crippen LogP contribution is 2.36. The molecule has 0 atom stereocenters. The van der Waals surface area contributed by atoms with Gasteiger partial charge in [-0.2, -0.15) is 0 Å². The van der Waals surface area contributed by atoms with E-state index in [1.54, 1.807) is 0 Å². The van der Waals surface area contributed by atoms with E-state index in [1.807, 2.05) is 12.1 Å². The van der Waals surface area contributed by atoms with E-state index in [2.05, 4.69) is 22.9 Å². The smallest absolute Gasteiger partial charge is 0.231 e. The normalized spacial score (nSPS) is 13.6. The van der Waals surface area contributed by atoms with Gasteiger partial charge in [-0.1, -0.05) is 15.9 Å². The lowest BCUT2D eigenvalue weighted by Gasteiger charge is -1.99. The maximum atomic E-state index is 5.15. The van der Waals surface area contributed by atoms with Gasteiger partial charge in [-0.3, -0.25) is 0 Å². The van der Waals surface area contributed by atoms with Gasteiger partial charge >= 0.3 is 0 Å². The van der Waals surface area contributed by atoms with Crippen LogP contribution in [0, 0.1) is 6.92 Å². The van der Waals surface area contributed by atoms with Crippen LogP contribution in [-0.4, -0.2) is 6.79 Å². The second kappa shape index (κ2) is 2.41. The van der Waals surface area contributed by atoms with Gasteiger partial charge in [0, 0.05) is 4.47 Å². The van der Waals surface area contributed by atoms with E-state index >= 15 is 0 Å². The number of ether oxygens (including phenoxy) is 2. The number of halogens is 1. The first-order valence-corrected chi connectivity index (χ1v) is 3.98. The van der Waals surface area contributed by atoms with E-state index in [4.69, 9.17) is 9.47 Å². The highest BCUT2D eigenvalue weighted by atomic mass is 79.9. The van der Waals surface area contributed by atoms with Gasteiger partial charge in [0.05, 0.1) is 0 Å². The van der Waals surface area contributed by atoms with Crippen LogP contribution < -0.4 is 9.47 Å². The highest BCUT2D eigenvalue weighted by Gasteiger charge is 2.14. The van der Waals surface area contributed by atoms with Gasteiger partial charge in [0.15, 0.2) is 11.5 Å². The molecule has 0 saturated carbocycles. The Labute approximate surface area is 73.3 Å². The van der Waals surface area contributed by atoms with Gasteiger partial charge in [0.1, 0.15) is 0 Å². The minimum absolute atomic E-state index is 0.311. The first-order chi connectivity index (χ1) is 5.27. The summed E-state index contributed by atoms with van der Waals surface area (Å²) in [5.41, 5.74) is 0.911. The van der Waals surface area contributed by atoms with Crippen molar-refractivity contribution in [1.82, 2.24) is 0 Å². The van der Waals surface area contributed by atoms with Gasteiger partial charge in [0.2, 0.25) is 6.79 Å². The van der Waals surface area contributed by atoms with Crippen molar-refractivity contribution in [3.05, 3.63) is 29.1 Å². The van der Waals surface area contributed by atoms with Crippen LogP contribution in [0.1, 0.15) is 5.56 Å². The Morgan fingerprint density at radius 3 is 2.64 bits per heavy atom. The van der Waals surface area contributed by atoms with Crippen LogP contribution in [-0.2, 0) is 0 Å². The molecular weight excluding hydrogens is 208 g/mol. The zero-order valence-corrected chi connectivity index (χ0v) is 7.35. The molecule has 57 valence electrons. The molecule has 0 spiro atoms. The fraction of sp³-hybridized carbons (Fsp3) is 0.125. The van der Waals surface area contributed by atoms with Gasteiger partial charge in [-0.05, 0) is 24.6 Å². The average molecular weight is 214 g/mol. The molecule has 0 N–H and O–H groups in total. The highest BCUT2D eigenvalue weighted by molar-refractivity contribution is 9.10. The molecule has 0 bridgehead atoms. The van der Waals surface area contributed by atoms with E-state index in [9.17, 15) is 0 Å². The standard InChI is InChI=1S/C8H6BrO2/c1-5-2-7-8(3-6(5)9)11-4-10-7/h2-3H,1,4H2. The number of hydrogen-bond donors (Lipinski definition) is 0. The number of fused-ring (bicyclic) bond motifs is 1. The maximum Gasteiger partial charge on any atom is 0.231 e. The van der Waals surface area contributed by atoms with E-state index in [-0.39, 0.29) is 0 Å². The lowest BCUT2D eigenvalue weighted by molar-refractivity contribution is 0.174. The number of benzene rings is 1. The van der Waals surface area contributed by atoms with Crippen LogP contribution in [0.25, 0.3) is 0 Å². The van der Waals surface area contributed by atoms with E-state index < -0.39 is 0 Å². The molecule has 3 heteroatoms. The quantitative estimate of drug-likeness (QED) is 0.659. The Hall–Kier alpha value is -0.700. The van der Waals surface area contributed by atoms with Crippen LogP contribution in [0.4, 0.5) is 0 Å². The van der Waals surface area contributed by atoms with Crippen molar-refractivity contribution in [3.8, 4) is 11.5 Å². The molecule has 0 unspecified atom stereocenters. The van der Waals surface area contributed by atoms with Crippen LogP contribution >= 0.6 is 15.9 Å². The summed E-state index contributed by atoms with van der Waals surface area (Å²) in [6.07, 6.45) is 0. The second-order valence-electron chi connectivity index (χ2n) is 2.30. The van der Waals surface area contributed by atoms with Crippen molar-refractivity contribution in [2.24, 2.45) is 0 Å². The molecule has 2 nitrogen and oxygen atoms in total. The Morgan fingerprint density at radius 1 is 1.27 bits per heavy atom. The zero-order chi connectivity index (χ0) is 7.84. The SMILES string of the molecule is [CH2]c1cc2c(cc1Br)OCO2. The average Bonchev–Trinajstić information content (AvgIpc) is 2.36. The Bertz CT molecular complexity index is 267. The van der Waals surface area contributed by atoms with Crippen LogP contribution in [0.2, 0.25) is 0 Å². The lowest BCUT2D eigenvalue weighted by Crippen LogP contribution is -1.92. The minimum Gasteiger partial charge on any atom is -0.454 e. The Kier molecular flexibility index (Phi) is 1.53. The van der Waals surface area contributed by atoms with Crippen molar-refractivity contribution in [3.63, 3.8) is 0 Å². The van der Waals surface area contributed by atoms with Crippen molar-refractivity contribution in [2.45, 2.75) is 0 Å². The van der Waals surface area contributed by atoms with Crippen molar-refractivity contribution >= 4 is 15.9 Å². The first-order valence-electron chi connectivity index (χ1n) is 3.18. The summed E-state index contributed by atoms with van der Waals surface area (Å²) in [4.78, 5) is 0. The summed E-state index contributed by atoms with van der Waals surface area (Å²) in [6, 6.07) is 3.72. The number of rotatable bonds is 0. The van der Waals surface area contributed by atoms with E-state index in [1.165, 1.54) is 0 Å². The van der Waals surface area contributed by atoms with Crippen molar-refractivity contribution in [2.75, 3.05) is 6.79 Å². The predicted octanol–water partition coefficient (Wildman–Crippen LogP) is 2.36.